The zero-order valence-corrected chi connectivity index (χ0v) is 16.0. The van der Waals surface area contributed by atoms with Crippen molar-refractivity contribution in [2.24, 2.45) is 0 Å². The van der Waals surface area contributed by atoms with E-state index in [1.54, 1.807) is 0 Å². The largest absolute Gasteiger partial charge is 0.493 e. The molecule has 0 spiro atoms. The van der Waals surface area contributed by atoms with E-state index in [0.29, 0.717) is 25.4 Å². The molecular formula is C19H25N3O3S. The van der Waals surface area contributed by atoms with Crippen molar-refractivity contribution >= 4 is 23.2 Å². The van der Waals surface area contributed by atoms with E-state index in [2.05, 4.69) is 15.6 Å². The highest BCUT2D eigenvalue weighted by molar-refractivity contribution is 7.13. The van der Waals surface area contributed by atoms with Crippen LogP contribution in [0.4, 0.5) is 0 Å². The van der Waals surface area contributed by atoms with E-state index in [4.69, 9.17) is 4.74 Å². The highest BCUT2D eigenvalue weighted by atomic mass is 32.1. The van der Waals surface area contributed by atoms with Gasteiger partial charge in [-0.05, 0) is 25.5 Å². The SMILES string of the molecule is CCCNC(=O)CCNC(=O)Cc1csc(-c2ccccc2OCC)n1. The summed E-state index contributed by atoms with van der Waals surface area (Å²) in [4.78, 5) is 28.1. The lowest BCUT2D eigenvalue weighted by molar-refractivity contribution is -0.122. The molecule has 0 atom stereocenters. The Morgan fingerprint density at radius 2 is 1.88 bits per heavy atom. The molecule has 7 heteroatoms. The standard InChI is InChI=1S/C19H25N3O3S/c1-3-10-20-17(23)9-11-21-18(24)12-14-13-26-19(22-14)15-7-5-6-8-16(15)25-4-2/h5-8,13H,3-4,9-12H2,1-2H3,(H,20,23)(H,21,24). The van der Waals surface area contributed by atoms with Crippen LogP contribution in [0.15, 0.2) is 29.6 Å². The number of hydrogen-bond acceptors (Lipinski definition) is 5. The van der Waals surface area contributed by atoms with E-state index >= 15 is 0 Å². The van der Waals surface area contributed by atoms with Crippen molar-refractivity contribution in [3.8, 4) is 16.3 Å². The Labute approximate surface area is 158 Å². The van der Waals surface area contributed by atoms with Crippen LogP contribution in [-0.4, -0.2) is 36.5 Å². The molecule has 0 fully saturated rings. The molecule has 2 rings (SSSR count). The average Bonchev–Trinajstić information content (AvgIpc) is 3.09. The third-order valence-corrected chi connectivity index (χ3v) is 4.48. The molecule has 0 aliphatic rings. The quantitative estimate of drug-likeness (QED) is 0.669. The van der Waals surface area contributed by atoms with Gasteiger partial charge in [0, 0.05) is 24.9 Å². The van der Waals surface area contributed by atoms with Crippen LogP contribution in [-0.2, 0) is 16.0 Å². The number of aromatic nitrogens is 1. The molecule has 0 bridgehead atoms. The van der Waals surface area contributed by atoms with Crippen molar-refractivity contribution in [2.45, 2.75) is 33.1 Å². The molecule has 0 aliphatic heterocycles. The number of amides is 2. The van der Waals surface area contributed by atoms with Gasteiger partial charge in [0.2, 0.25) is 11.8 Å². The van der Waals surface area contributed by atoms with E-state index < -0.39 is 0 Å². The van der Waals surface area contributed by atoms with Gasteiger partial charge < -0.3 is 15.4 Å². The smallest absolute Gasteiger partial charge is 0.226 e. The third kappa shape index (κ3) is 6.15. The van der Waals surface area contributed by atoms with Crippen LogP contribution in [0.3, 0.4) is 0 Å². The molecule has 0 radical (unpaired) electrons. The predicted octanol–water partition coefficient (Wildman–Crippen LogP) is 2.78. The van der Waals surface area contributed by atoms with Crippen molar-refractivity contribution in [1.82, 2.24) is 15.6 Å². The molecule has 2 N–H and O–H groups in total. The first-order valence-electron chi connectivity index (χ1n) is 8.84. The fourth-order valence-electron chi connectivity index (χ4n) is 2.33. The number of ether oxygens (including phenoxy) is 1. The van der Waals surface area contributed by atoms with Gasteiger partial charge in [-0.25, -0.2) is 4.98 Å². The minimum atomic E-state index is -0.136. The Morgan fingerprint density at radius 3 is 2.65 bits per heavy atom. The van der Waals surface area contributed by atoms with Gasteiger partial charge in [-0.2, -0.15) is 0 Å². The summed E-state index contributed by atoms with van der Waals surface area (Å²) in [5.41, 5.74) is 1.64. The minimum Gasteiger partial charge on any atom is -0.493 e. The number of nitrogens with zero attached hydrogens (tertiary/aromatic N) is 1. The van der Waals surface area contributed by atoms with Crippen LogP contribution in [0.2, 0.25) is 0 Å². The molecule has 1 aromatic carbocycles. The summed E-state index contributed by atoms with van der Waals surface area (Å²) in [6.45, 7) is 5.52. The van der Waals surface area contributed by atoms with E-state index in [1.807, 2.05) is 43.5 Å². The lowest BCUT2D eigenvalue weighted by Crippen LogP contribution is -2.31. The molecule has 2 aromatic rings. The number of carbonyl (C=O) groups excluding carboxylic acids is 2. The van der Waals surface area contributed by atoms with Gasteiger partial charge in [0.05, 0.1) is 24.3 Å². The number of rotatable bonds is 10. The number of hydrogen-bond donors (Lipinski definition) is 2. The lowest BCUT2D eigenvalue weighted by Gasteiger charge is -2.07. The second kappa shape index (κ2) is 10.6. The molecule has 0 saturated heterocycles. The number of benzene rings is 1. The molecule has 26 heavy (non-hydrogen) atoms. The first-order chi connectivity index (χ1) is 12.6. The zero-order valence-electron chi connectivity index (χ0n) is 15.2. The maximum atomic E-state index is 12.0. The van der Waals surface area contributed by atoms with E-state index in [0.717, 1.165) is 22.7 Å². The van der Waals surface area contributed by atoms with Gasteiger partial charge in [0.1, 0.15) is 10.8 Å². The number of thiazole rings is 1. The van der Waals surface area contributed by atoms with Gasteiger partial charge in [-0.15, -0.1) is 11.3 Å². The fourth-order valence-corrected chi connectivity index (χ4v) is 3.18. The monoisotopic (exact) mass is 375 g/mol. The van der Waals surface area contributed by atoms with Crippen LogP contribution < -0.4 is 15.4 Å². The topological polar surface area (TPSA) is 80.3 Å². The minimum absolute atomic E-state index is 0.0457. The van der Waals surface area contributed by atoms with Crippen molar-refractivity contribution in [3.63, 3.8) is 0 Å². The molecule has 0 unspecified atom stereocenters. The summed E-state index contributed by atoms with van der Waals surface area (Å²) in [5, 5.41) is 8.25. The van der Waals surface area contributed by atoms with Crippen molar-refractivity contribution < 1.29 is 14.3 Å². The van der Waals surface area contributed by atoms with Gasteiger partial charge in [0.25, 0.3) is 0 Å². The Kier molecular flexibility index (Phi) is 8.08. The summed E-state index contributed by atoms with van der Waals surface area (Å²) < 4.78 is 5.63. The number of carbonyl (C=O) groups is 2. The van der Waals surface area contributed by atoms with Gasteiger partial charge in [-0.3, -0.25) is 9.59 Å². The van der Waals surface area contributed by atoms with Gasteiger partial charge in [-0.1, -0.05) is 19.1 Å². The normalized spacial score (nSPS) is 10.4. The lowest BCUT2D eigenvalue weighted by atomic mass is 10.2. The Bertz CT molecular complexity index is 730. The average molecular weight is 375 g/mol. The Hall–Kier alpha value is -2.41. The summed E-state index contributed by atoms with van der Waals surface area (Å²) >= 11 is 1.49. The Balaban J connectivity index is 1.86. The van der Waals surface area contributed by atoms with E-state index in [1.165, 1.54) is 11.3 Å². The third-order valence-electron chi connectivity index (χ3n) is 3.56. The van der Waals surface area contributed by atoms with Crippen LogP contribution >= 0.6 is 11.3 Å². The van der Waals surface area contributed by atoms with E-state index in [-0.39, 0.29) is 24.7 Å². The summed E-state index contributed by atoms with van der Waals surface area (Å²) in [5.74, 6) is 0.609. The Morgan fingerprint density at radius 1 is 1.12 bits per heavy atom. The second-order valence-electron chi connectivity index (χ2n) is 5.70. The van der Waals surface area contributed by atoms with Crippen molar-refractivity contribution in [3.05, 3.63) is 35.3 Å². The molecule has 0 saturated carbocycles. The maximum Gasteiger partial charge on any atom is 0.226 e. The predicted molar refractivity (Wildman–Crippen MR) is 103 cm³/mol. The maximum absolute atomic E-state index is 12.0. The summed E-state index contributed by atoms with van der Waals surface area (Å²) in [6, 6.07) is 7.74. The van der Waals surface area contributed by atoms with Crippen LogP contribution in [0.25, 0.3) is 10.6 Å². The number of nitrogens with one attached hydrogen (secondary N) is 2. The van der Waals surface area contributed by atoms with Gasteiger partial charge in [0.15, 0.2) is 0 Å². The first-order valence-corrected chi connectivity index (χ1v) is 9.72. The highest BCUT2D eigenvalue weighted by Crippen LogP contribution is 2.32. The molecule has 1 heterocycles. The van der Waals surface area contributed by atoms with Crippen molar-refractivity contribution in [1.29, 1.82) is 0 Å². The highest BCUT2D eigenvalue weighted by Gasteiger charge is 2.12. The molecule has 2 amide bonds. The fraction of sp³-hybridized carbons (Fsp3) is 0.421. The second-order valence-corrected chi connectivity index (χ2v) is 6.56. The van der Waals surface area contributed by atoms with E-state index in [9.17, 15) is 9.59 Å². The summed E-state index contributed by atoms with van der Waals surface area (Å²) in [7, 11) is 0. The van der Waals surface area contributed by atoms with Crippen LogP contribution in [0.1, 0.15) is 32.4 Å². The first kappa shape index (κ1) is 19.9. The van der Waals surface area contributed by atoms with Crippen molar-refractivity contribution in [2.75, 3.05) is 19.7 Å². The van der Waals surface area contributed by atoms with Gasteiger partial charge >= 0.3 is 0 Å². The molecule has 1 aromatic heterocycles. The number of para-hydroxylation sites is 1. The molecule has 0 aliphatic carbocycles. The molecule has 6 nitrogen and oxygen atoms in total. The zero-order chi connectivity index (χ0) is 18.8. The molecular weight excluding hydrogens is 350 g/mol. The summed E-state index contributed by atoms with van der Waals surface area (Å²) in [6.07, 6.45) is 1.39. The van der Waals surface area contributed by atoms with Crippen LogP contribution in [0.5, 0.6) is 5.75 Å². The molecule has 140 valence electrons. The van der Waals surface area contributed by atoms with Crippen LogP contribution in [0, 0.1) is 0 Å².